The smallest absolute Gasteiger partial charge is 0.412 e. The first-order valence-corrected chi connectivity index (χ1v) is 11.4. The van der Waals surface area contributed by atoms with E-state index in [1.165, 1.54) is 7.11 Å². The van der Waals surface area contributed by atoms with E-state index in [4.69, 9.17) is 18.9 Å². The number of ether oxygens (including phenoxy) is 4. The monoisotopic (exact) mass is 487 g/mol. The second-order valence-electron chi connectivity index (χ2n) is 8.34. The van der Waals surface area contributed by atoms with Gasteiger partial charge in [0.2, 0.25) is 0 Å². The number of aryl methyl sites for hydroxylation is 1. The average Bonchev–Trinajstić information content (AvgIpc) is 3.40. The molecule has 2 heterocycles. The number of nitrogens with one attached hydrogen (secondary N) is 1. The van der Waals surface area contributed by atoms with Gasteiger partial charge in [-0.3, -0.25) is 14.5 Å². The summed E-state index contributed by atoms with van der Waals surface area (Å²) in [5, 5.41) is 2.75. The predicted octanol–water partition coefficient (Wildman–Crippen LogP) is 4.77. The highest BCUT2D eigenvalue weighted by atomic mass is 16.6. The summed E-state index contributed by atoms with van der Waals surface area (Å²) in [6.07, 6.45) is 1.24. The van der Waals surface area contributed by atoms with Gasteiger partial charge in [0.25, 0.3) is 0 Å². The quantitative estimate of drug-likeness (QED) is 0.375. The molecular weight excluding hydrogens is 462 g/mol. The Morgan fingerprint density at radius 3 is 2.69 bits per heavy atom. The molecule has 2 aromatic heterocycles. The summed E-state index contributed by atoms with van der Waals surface area (Å²) in [5.74, 6) is 1.54. The Morgan fingerprint density at radius 2 is 1.92 bits per heavy atom. The zero-order chi connectivity index (χ0) is 25.2. The molecule has 0 unspecified atom stereocenters. The van der Waals surface area contributed by atoms with E-state index < -0.39 is 18.3 Å². The largest absolute Gasteiger partial charge is 0.497 e. The number of rotatable bonds is 7. The summed E-state index contributed by atoms with van der Waals surface area (Å²) in [6.45, 7) is 1.77. The maximum absolute atomic E-state index is 12.9. The van der Waals surface area contributed by atoms with Gasteiger partial charge in [-0.15, -0.1) is 0 Å². The number of hydrogen-bond donors (Lipinski definition) is 1. The van der Waals surface area contributed by atoms with Gasteiger partial charge in [-0.1, -0.05) is 24.3 Å². The maximum atomic E-state index is 12.9. The highest BCUT2D eigenvalue weighted by molar-refractivity contribution is 5.87. The number of anilines is 1. The fourth-order valence-corrected chi connectivity index (χ4v) is 4.49. The maximum Gasteiger partial charge on any atom is 0.412 e. The number of nitrogens with zero attached hydrogens (tertiary/aromatic N) is 2. The van der Waals surface area contributed by atoms with Crippen molar-refractivity contribution < 1.29 is 28.5 Å². The van der Waals surface area contributed by atoms with Gasteiger partial charge in [-0.25, -0.2) is 9.78 Å². The third-order valence-corrected chi connectivity index (χ3v) is 6.22. The lowest BCUT2D eigenvalue weighted by atomic mass is 10.1. The van der Waals surface area contributed by atoms with Crippen molar-refractivity contribution in [2.75, 3.05) is 19.5 Å². The number of methoxy groups -OCH3 is 2. The fraction of sp³-hybridized carbons (Fsp3) is 0.222. The third kappa shape index (κ3) is 4.19. The van der Waals surface area contributed by atoms with Crippen molar-refractivity contribution in [3.63, 3.8) is 0 Å². The molecule has 36 heavy (non-hydrogen) atoms. The van der Waals surface area contributed by atoms with Crippen molar-refractivity contribution in [1.29, 1.82) is 0 Å². The lowest BCUT2D eigenvalue weighted by Crippen LogP contribution is -2.28. The number of carbonyl (C=O) groups is 2. The standard InChI is InChI=1S/C27H25N3O6/c1-16-21(15-31)30-12-6-9-22(26(30)28-16)35-25-19-8-5-4-7-17(19)13-24(25)36-27(32)29-20-11-10-18(33-2)14-23(20)34-3/h4-12,14-15,24-25H,13H2,1-3H3,(H,29,32)/t24-,25-/m1/s1. The highest BCUT2D eigenvalue weighted by Gasteiger charge is 2.37. The van der Waals surface area contributed by atoms with Gasteiger partial charge >= 0.3 is 6.09 Å². The topological polar surface area (TPSA) is 100 Å². The van der Waals surface area contributed by atoms with Gasteiger partial charge < -0.3 is 18.9 Å². The number of pyridine rings is 1. The summed E-state index contributed by atoms with van der Waals surface area (Å²) in [7, 11) is 3.07. The number of hydrogen-bond acceptors (Lipinski definition) is 7. The number of benzene rings is 2. The van der Waals surface area contributed by atoms with E-state index in [0.29, 0.717) is 46.4 Å². The van der Waals surface area contributed by atoms with E-state index in [1.807, 2.05) is 24.3 Å². The first-order chi connectivity index (χ1) is 17.5. The minimum absolute atomic E-state index is 0.446. The van der Waals surface area contributed by atoms with E-state index in [9.17, 15) is 9.59 Å². The van der Waals surface area contributed by atoms with E-state index in [1.54, 1.807) is 55.0 Å². The summed E-state index contributed by atoms with van der Waals surface area (Å²) in [4.78, 5) is 29.0. The van der Waals surface area contributed by atoms with E-state index in [0.717, 1.165) is 17.4 Å². The average molecular weight is 488 g/mol. The minimum atomic E-state index is -0.636. The van der Waals surface area contributed by atoms with Gasteiger partial charge in [0, 0.05) is 18.7 Å². The van der Waals surface area contributed by atoms with Crippen LogP contribution in [0.5, 0.6) is 17.2 Å². The number of carbonyl (C=O) groups excluding carboxylic acids is 2. The van der Waals surface area contributed by atoms with Gasteiger partial charge in [-0.2, -0.15) is 0 Å². The van der Waals surface area contributed by atoms with Crippen LogP contribution >= 0.6 is 0 Å². The Morgan fingerprint density at radius 1 is 1.08 bits per heavy atom. The van der Waals surface area contributed by atoms with Crippen LogP contribution < -0.4 is 19.5 Å². The van der Waals surface area contributed by atoms with Crippen LogP contribution in [0.4, 0.5) is 10.5 Å². The number of aldehydes is 1. The van der Waals surface area contributed by atoms with Crippen molar-refractivity contribution in [3.05, 3.63) is 83.3 Å². The molecule has 1 N–H and O–H groups in total. The lowest BCUT2D eigenvalue weighted by molar-refractivity contribution is 0.0332. The van der Waals surface area contributed by atoms with E-state index in [2.05, 4.69) is 10.3 Å². The molecule has 2 atom stereocenters. The number of imidazole rings is 1. The van der Waals surface area contributed by atoms with E-state index >= 15 is 0 Å². The Balaban J connectivity index is 1.41. The third-order valence-electron chi connectivity index (χ3n) is 6.22. The van der Waals surface area contributed by atoms with Crippen LogP contribution in [0, 0.1) is 6.92 Å². The molecule has 1 aliphatic carbocycles. The normalized spacial score (nSPS) is 16.3. The molecule has 0 saturated heterocycles. The van der Waals surface area contributed by atoms with Crippen LogP contribution in [0.25, 0.3) is 5.65 Å². The first kappa shape index (κ1) is 23.2. The molecule has 1 amide bonds. The van der Waals surface area contributed by atoms with Crippen molar-refractivity contribution in [2.45, 2.75) is 25.6 Å². The Bertz CT molecular complexity index is 1450. The second kappa shape index (κ2) is 9.61. The first-order valence-electron chi connectivity index (χ1n) is 11.4. The SMILES string of the molecule is COc1ccc(NC(=O)O[C@@H]2Cc3ccccc3[C@H]2Oc2cccn3c(C=O)c(C)nc23)c(OC)c1. The molecule has 0 saturated carbocycles. The molecule has 2 aromatic carbocycles. The van der Waals surface area contributed by atoms with Gasteiger partial charge in [0.05, 0.1) is 25.6 Å². The Hall–Kier alpha value is -4.53. The van der Waals surface area contributed by atoms with Gasteiger partial charge in [0.1, 0.15) is 23.3 Å². The van der Waals surface area contributed by atoms with Crippen LogP contribution in [-0.4, -0.2) is 42.1 Å². The molecule has 4 aromatic rings. The van der Waals surface area contributed by atoms with Gasteiger partial charge in [0.15, 0.2) is 23.8 Å². The Labute approximate surface area is 207 Å². The molecule has 5 rings (SSSR count). The van der Waals surface area contributed by atoms with Crippen molar-refractivity contribution in [3.8, 4) is 17.2 Å². The molecule has 9 nitrogen and oxygen atoms in total. The molecule has 0 fully saturated rings. The number of aromatic nitrogens is 2. The van der Waals surface area contributed by atoms with Crippen LogP contribution in [0.15, 0.2) is 60.8 Å². The minimum Gasteiger partial charge on any atom is -0.497 e. The highest BCUT2D eigenvalue weighted by Crippen LogP contribution is 2.38. The molecular formula is C27H25N3O6. The summed E-state index contributed by atoms with van der Waals surface area (Å²) >= 11 is 0. The molecule has 9 heteroatoms. The second-order valence-corrected chi connectivity index (χ2v) is 8.34. The van der Waals surface area contributed by atoms with Crippen LogP contribution in [0.3, 0.4) is 0 Å². The molecule has 0 bridgehead atoms. The van der Waals surface area contributed by atoms with Crippen LogP contribution in [0.1, 0.15) is 33.4 Å². The van der Waals surface area contributed by atoms with E-state index in [-0.39, 0.29) is 0 Å². The summed E-state index contributed by atoms with van der Waals surface area (Å²) in [5.41, 5.74) is 4.00. The van der Waals surface area contributed by atoms with Gasteiger partial charge in [-0.05, 0) is 42.3 Å². The number of fused-ring (bicyclic) bond motifs is 2. The summed E-state index contributed by atoms with van der Waals surface area (Å²) < 4.78 is 24.5. The fourth-order valence-electron chi connectivity index (χ4n) is 4.49. The zero-order valence-electron chi connectivity index (χ0n) is 20.1. The zero-order valence-corrected chi connectivity index (χ0v) is 20.1. The molecule has 0 spiro atoms. The molecule has 0 radical (unpaired) electrons. The molecule has 184 valence electrons. The molecule has 1 aliphatic rings. The van der Waals surface area contributed by atoms with Crippen molar-refractivity contribution in [1.82, 2.24) is 9.38 Å². The van der Waals surface area contributed by atoms with Crippen LogP contribution in [-0.2, 0) is 11.2 Å². The summed E-state index contributed by atoms with van der Waals surface area (Å²) in [6, 6.07) is 16.5. The van der Waals surface area contributed by atoms with Crippen LogP contribution in [0.2, 0.25) is 0 Å². The lowest BCUT2D eigenvalue weighted by Gasteiger charge is -2.23. The molecule has 0 aliphatic heterocycles. The predicted molar refractivity (Wildman–Crippen MR) is 132 cm³/mol. The van der Waals surface area contributed by atoms with Crippen molar-refractivity contribution >= 4 is 23.7 Å². The van der Waals surface area contributed by atoms with Crippen molar-refractivity contribution in [2.24, 2.45) is 0 Å². The Kier molecular flexibility index (Phi) is 6.20. The number of amides is 1.